The molecule has 1 heterocycles. The number of ether oxygens (including phenoxy) is 1. The Morgan fingerprint density at radius 2 is 2.50 bits per heavy atom. The van der Waals surface area contributed by atoms with Crippen molar-refractivity contribution in [3.63, 3.8) is 0 Å². The van der Waals surface area contributed by atoms with Crippen LogP contribution in [0, 0.1) is 0 Å². The molecule has 1 rings (SSSR count). The van der Waals surface area contributed by atoms with Crippen LogP contribution in [0.15, 0.2) is 17.1 Å². The van der Waals surface area contributed by atoms with Crippen molar-refractivity contribution < 1.29 is 9.84 Å². The summed E-state index contributed by atoms with van der Waals surface area (Å²) in [5.41, 5.74) is 4.92. The molecular weight excluding hydrogens is 230 g/mol. The van der Waals surface area contributed by atoms with Crippen molar-refractivity contribution >= 4 is 17.6 Å². The van der Waals surface area contributed by atoms with Gasteiger partial charge in [-0.15, -0.1) is 11.8 Å². The Morgan fingerprint density at radius 3 is 3.06 bits per heavy atom. The third-order valence-electron chi connectivity index (χ3n) is 1.92. The number of aliphatic hydroxyl groups is 1. The molecule has 16 heavy (non-hydrogen) atoms. The molecule has 3 N–H and O–H groups in total. The molecule has 0 radical (unpaired) electrons. The summed E-state index contributed by atoms with van der Waals surface area (Å²) in [7, 11) is 1.60. The number of nitrogen functional groups attached to an aromatic ring is 1. The number of thioether (sulfide) groups is 1. The Morgan fingerprint density at radius 1 is 1.75 bits per heavy atom. The molecule has 7 heteroatoms. The largest absolute Gasteiger partial charge is 0.393 e. The zero-order chi connectivity index (χ0) is 12.0. The Hall–Kier alpha value is -1.05. The van der Waals surface area contributed by atoms with E-state index in [0.717, 1.165) is 0 Å². The van der Waals surface area contributed by atoms with Crippen molar-refractivity contribution in [2.45, 2.75) is 5.37 Å². The van der Waals surface area contributed by atoms with Gasteiger partial charge < -0.3 is 15.6 Å². The van der Waals surface area contributed by atoms with Crippen LogP contribution in [-0.4, -0.2) is 40.7 Å². The molecule has 1 atom stereocenters. The summed E-state index contributed by atoms with van der Waals surface area (Å²) in [6, 6.07) is 1.53. The molecule has 0 amide bonds. The molecule has 6 nitrogen and oxygen atoms in total. The fourth-order valence-corrected chi connectivity index (χ4v) is 2.09. The van der Waals surface area contributed by atoms with Crippen molar-refractivity contribution in [3.8, 4) is 0 Å². The average Bonchev–Trinajstić information content (AvgIpc) is 2.26. The molecule has 0 bridgehead atoms. The van der Waals surface area contributed by atoms with E-state index in [-0.39, 0.29) is 17.8 Å². The van der Waals surface area contributed by atoms with Gasteiger partial charge in [-0.1, -0.05) is 0 Å². The van der Waals surface area contributed by atoms with E-state index in [2.05, 4.69) is 4.98 Å². The Balaban J connectivity index is 2.74. The lowest BCUT2D eigenvalue weighted by molar-refractivity contribution is 0.218. The lowest BCUT2D eigenvalue weighted by Crippen LogP contribution is -2.27. The van der Waals surface area contributed by atoms with Gasteiger partial charge in [0.15, 0.2) is 0 Å². The number of rotatable bonds is 6. The topological polar surface area (TPSA) is 90.4 Å². The number of nitrogens with two attached hydrogens (primary N) is 1. The summed E-state index contributed by atoms with van der Waals surface area (Å²) in [5, 5.41) is 8.84. The highest BCUT2D eigenvalue weighted by Crippen LogP contribution is 2.19. The van der Waals surface area contributed by atoms with Crippen LogP contribution in [0.5, 0.6) is 0 Å². The molecule has 0 saturated heterocycles. The Bertz CT molecular complexity index is 383. The predicted molar refractivity (Wildman–Crippen MR) is 63.4 cm³/mol. The Kier molecular flexibility index (Phi) is 5.30. The van der Waals surface area contributed by atoms with Gasteiger partial charge in [-0.2, -0.15) is 4.98 Å². The van der Waals surface area contributed by atoms with Crippen LogP contribution in [0.25, 0.3) is 0 Å². The van der Waals surface area contributed by atoms with Crippen molar-refractivity contribution in [2.75, 3.05) is 31.8 Å². The normalized spacial score (nSPS) is 12.6. The minimum Gasteiger partial charge on any atom is -0.393 e. The third-order valence-corrected chi connectivity index (χ3v) is 3.08. The highest BCUT2D eigenvalue weighted by atomic mass is 32.2. The van der Waals surface area contributed by atoms with E-state index in [4.69, 9.17) is 10.5 Å². The highest BCUT2D eigenvalue weighted by molar-refractivity contribution is 7.99. The van der Waals surface area contributed by atoms with E-state index in [1.54, 1.807) is 7.11 Å². The van der Waals surface area contributed by atoms with Gasteiger partial charge in [0, 0.05) is 19.1 Å². The van der Waals surface area contributed by atoms with E-state index in [1.807, 2.05) is 0 Å². The number of hydrogen-bond acceptors (Lipinski definition) is 6. The van der Waals surface area contributed by atoms with Gasteiger partial charge in [-0.3, -0.25) is 4.57 Å². The van der Waals surface area contributed by atoms with Crippen molar-refractivity contribution in [2.24, 2.45) is 0 Å². The van der Waals surface area contributed by atoms with Crippen LogP contribution in [0.3, 0.4) is 0 Å². The minimum atomic E-state index is -0.455. The van der Waals surface area contributed by atoms with Gasteiger partial charge in [0.1, 0.15) is 11.2 Å². The number of methoxy groups -OCH3 is 1. The predicted octanol–water partition coefficient (Wildman–Crippen LogP) is -0.304. The number of aliphatic hydroxyl groups excluding tert-OH is 1. The van der Waals surface area contributed by atoms with Crippen molar-refractivity contribution in [1.29, 1.82) is 0 Å². The fourth-order valence-electron chi connectivity index (χ4n) is 1.13. The second kappa shape index (κ2) is 6.51. The van der Waals surface area contributed by atoms with Gasteiger partial charge in [0.25, 0.3) is 0 Å². The molecule has 0 fully saturated rings. The third kappa shape index (κ3) is 3.51. The van der Waals surface area contributed by atoms with Crippen LogP contribution in [0.4, 0.5) is 5.82 Å². The van der Waals surface area contributed by atoms with Gasteiger partial charge in [0.05, 0.1) is 13.2 Å². The molecule has 0 spiro atoms. The monoisotopic (exact) mass is 245 g/mol. The molecule has 0 saturated carbocycles. The van der Waals surface area contributed by atoms with Crippen LogP contribution in [-0.2, 0) is 4.74 Å². The summed E-state index contributed by atoms with van der Waals surface area (Å²) in [5.74, 6) is 0.873. The quantitative estimate of drug-likeness (QED) is 0.668. The maximum Gasteiger partial charge on any atom is 0.350 e. The second-order valence-corrected chi connectivity index (χ2v) is 4.33. The van der Waals surface area contributed by atoms with Crippen molar-refractivity contribution in [1.82, 2.24) is 9.55 Å². The van der Waals surface area contributed by atoms with Gasteiger partial charge >= 0.3 is 5.69 Å². The zero-order valence-corrected chi connectivity index (χ0v) is 9.81. The summed E-state index contributed by atoms with van der Waals surface area (Å²) in [6.07, 6.45) is 1.53. The maximum absolute atomic E-state index is 11.5. The number of anilines is 1. The molecule has 90 valence electrons. The number of hydrogen-bond donors (Lipinski definition) is 2. The van der Waals surface area contributed by atoms with E-state index in [0.29, 0.717) is 12.4 Å². The van der Waals surface area contributed by atoms with Crippen LogP contribution in [0.2, 0.25) is 0 Å². The van der Waals surface area contributed by atoms with E-state index >= 15 is 0 Å². The molecule has 0 aliphatic rings. The van der Waals surface area contributed by atoms with Gasteiger partial charge in [-0.05, 0) is 6.07 Å². The van der Waals surface area contributed by atoms with E-state index in [1.165, 1.54) is 28.6 Å². The molecule has 0 aliphatic carbocycles. The van der Waals surface area contributed by atoms with E-state index < -0.39 is 5.69 Å². The first-order chi connectivity index (χ1) is 7.69. The summed E-state index contributed by atoms with van der Waals surface area (Å²) < 4.78 is 6.25. The lowest BCUT2D eigenvalue weighted by atomic mass is 10.5. The molecule has 1 aromatic rings. The van der Waals surface area contributed by atoms with Gasteiger partial charge in [-0.25, -0.2) is 4.79 Å². The first kappa shape index (κ1) is 13.0. The van der Waals surface area contributed by atoms with Crippen LogP contribution in [0.1, 0.15) is 5.37 Å². The van der Waals surface area contributed by atoms with E-state index in [9.17, 15) is 9.90 Å². The first-order valence-corrected chi connectivity index (χ1v) is 5.80. The first-order valence-electron chi connectivity index (χ1n) is 4.75. The summed E-state index contributed by atoms with van der Waals surface area (Å²) >= 11 is 1.43. The molecule has 0 aliphatic heterocycles. The molecule has 1 aromatic heterocycles. The standard InChI is InChI=1S/C9H15N3O3S/c1-15-4-5-16-8(6-13)12-3-2-7(10)11-9(12)14/h2-3,8,13H,4-6H2,1H3,(H2,10,11,14)/t8-/m1/s1. The molecular formula is C9H15N3O3S. The fraction of sp³-hybridized carbons (Fsp3) is 0.556. The van der Waals surface area contributed by atoms with Crippen molar-refractivity contribution in [3.05, 3.63) is 22.7 Å². The average molecular weight is 245 g/mol. The van der Waals surface area contributed by atoms with Crippen LogP contribution >= 0.6 is 11.8 Å². The van der Waals surface area contributed by atoms with Gasteiger partial charge in [0.2, 0.25) is 0 Å². The number of aromatic nitrogens is 2. The SMILES string of the molecule is COCCS[C@H](CO)n1ccc(N)nc1=O. The summed E-state index contributed by atoms with van der Waals surface area (Å²) in [4.78, 5) is 15.1. The number of nitrogens with zero attached hydrogens (tertiary/aromatic N) is 2. The molecule has 0 aromatic carbocycles. The highest BCUT2D eigenvalue weighted by Gasteiger charge is 2.12. The lowest BCUT2D eigenvalue weighted by Gasteiger charge is -2.16. The molecule has 0 unspecified atom stereocenters. The second-order valence-electron chi connectivity index (χ2n) is 3.04. The maximum atomic E-state index is 11.5. The smallest absolute Gasteiger partial charge is 0.350 e. The zero-order valence-electron chi connectivity index (χ0n) is 9.00. The van der Waals surface area contributed by atoms with Crippen LogP contribution < -0.4 is 11.4 Å². The minimum absolute atomic E-state index is 0.139. The summed E-state index contributed by atoms with van der Waals surface area (Å²) in [6.45, 7) is 0.429. The Labute approximate surface area is 97.4 Å².